The van der Waals surface area contributed by atoms with Crippen molar-refractivity contribution in [1.82, 2.24) is 9.21 Å². The van der Waals surface area contributed by atoms with Crippen molar-refractivity contribution < 1.29 is 17.6 Å². The predicted octanol–water partition coefficient (Wildman–Crippen LogP) is 2.78. The summed E-state index contributed by atoms with van der Waals surface area (Å²) in [6, 6.07) is 11.7. The molecule has 0 bridgehead atoms. The number of halogens is 1. The van der Waals surface area contributed by atoms with Gasteiger partial charge >= 0.3 is 0 Å². The summed E-state index contributed by atoms with van der Waals surface area (Å²) >= 11 is 0. The number of sulfonamides is 1. The van der Waals surface area contributed by atoms with Crippen LogP contribution in [0.5, 0.6) is 0 Å². The number of aryl methyl sites for hydroxylation is 3. The zero-order valence-corrected chi connectivity index (χ0v) is 17.1. The highest BCUT2D eigenvalue weighted by Gasteiger charge is 2.30. The molecule has 5 nitrogen and oxygen atoms in total. The second-order valence-electron chi connectivity index (χ2n) is 7.70. The molecule has 1 aliphatic carbocycles. The first-order valence-corrected chi connectivity index (χ1v) is 11.5. The molecule has 1 heterocycles. The van der Waals surface area contributed by atoms with Crippen molar-refractivity contribution in [2.45, 2.75) is 37.0 Å². The number of rotatable bonds is 5. The number of carbonyl (C=O) groups excluding carboxylic acids is 1. The zero-order valence-electron chi connectivity index (χ0n) is 16.3. The number of amides is 1. The molecule has 4 rings (SSSR count). The molecule has 2 aromatic carbocycles. The van der Waals surface area contributed by atoms with Crippen LogP contribution in [-0.4, -0.2) is 49.7 Å². The Hall–Kier alpha value is -2.25. The molecule has 1 saturated heterocycles. The van der Waals surface area contributed by atoms with Crippen LogP contribution >= 0.6 is 0 Å². The summed E-state index contributed by atoms with van der Waals surface area (Å²) in [6.07, 6.45) is 3.80. The predicted molar refractivity (Wildman–Crippen MR) is 109 cm³/mol. The molecule has 0 aromatic heterocycles. The average molecular weight is 417 g/mol. The minimum absolute atomic E-state index is 0.0242. The summed E-state index contributed by atoms with van der Waals surface area (Å²) < 4.78 is 40.7. The van der Waals surface area contributed by atoms with Crippen molar-refractivity contribution in [3.05, 3.63) is 65.0 Å². The molecule has 1 fully saturated rings. The van der Waals surface area contributed by atoms with Gasteiger partial charge in [0.15, 0.2) is 0 Å². The third-order valence-electron chi connectivity index (χ3n) is 5.82. The third-order valence-corrected chi connectivity index (χ3v) is 7.71. The molecule has 29 heavy (non-hydrogen) atoms. The van der Waals surface area contributed by atoms with Gasteiger partial charge in [-0.15, -0.1) is 0 Å². The number of carbonyl (C=O) groups is 1. The highest BCUT2D eigenvalue weighted by molar-refractivity contribution is 7.89. The highest BCUT2D eigenvalue weighted by atomic mass is 32.2. The van der Waals surface area contributed by atoms with E-state index < -0.39 is 10.0 Å². The fourth-order valence-electron chi connectivity index (χ4n) is 4.14. The zero-order chi connectivity index (χ0) is 20.4. The van der Waals surface area contributed by atoms with Crippen LogP contribution in [0.25, 0.3) is 0 Å². The smallest absolute Gasteiger partial charge is 0.243 e. The quantitative estimate of drug-likeness (QED) is 0.753. The maximum absolute atomic E-state index is 13.3. The van der Waals surface area contributed by atoms with Gasteiger partial charge in [0.2, 0.25) is 15.9 Å². The van der Waals surface area contributed by atoms with E-state index in [-0.39, 0.29) is 11.7 Å². The van der Waals surface area contributed by atoms with Gasteiger partial charge in [-0.3, -0.25) is 4.79 Å². The Morgan fingerprint density at radius 2 is 1.72 bits per heavy atom. The molecular weight excluding hydrogens is 391 g/mol. The first kappa shape index (κ1) is 20.0. The lowest BCUT2D eigenvalue weighted by atomic mass is 10.1. The van der Waals surface area contributed by atoms with Gasteiger partial charge in [-0.2, -0.15) is 4.31 Å². The topological polar surface area (TPSA) is 57.7 Å². The fourth-order valence-corrected chi connectivity index (χ4v) is 5.61. The Morgan fingerprint density at radius 3 is 2.48 bits per heavy atom. The van der Waals surface area contributed by atoms with Crippen LogP contribution in [0.1, 0.15) is 29.5 Å². The van der Waals surface area contributed by atoms with Crippen LogP contribution in [-0.2, 0) is 34.1 Å². The van der Waals surface area contributed by atoms with Crippen molar-refractivity contribution in [2.75, 3.05) is 26.2 Å². The summed E-state index contributed by atoms with van der Waals surface area (Å²) in [7, 11) is -3.54. The standard InChI is InChI=1S/C22H25FN2O3S/c23-20-6-1-3-17(15-20)7-10-22(26)24-11-13-25(14-12-24)29(27,28)21-9-8-18-4-2-5-19(18)16-21/h1,3,6,8-9,15-16H,2,4-5,7,10-14H2. The number of nitrogens with zero attached hydrogens (tertiary/aromatic N) is 2. The van der Waals surface area contributed by atoms with Crippen molar-refractivity contribution >= 4 is 15.9 Å². The van der Waals surface area contributed by atoms with Crippen LogP contribution < -0.4 is 0 Å². The summed E-state index contributed by atoms with van der Waals surface area (Å²) in [4.78, 5) is 14.5. The molecule has 1 aliphatic heterocycles. The van der Waals surface area contributed by atoms with Crippen molar-refractivity contribution in [3.8, 4) is 0 Å². The Kier molecular flexibility index (Phi) is 5.69. The van der Waals surface area contributed by atoms with Gasteiger partial charge in [-0.25, -0.2) is 12.8 Å². The maximum Gasteiger partial charge on any atom is 0.243 e. The summed E-state index contributed by atoms with van der Waals surface area (Å²) in [5.41, 5.74) is 3.17. The van der Waals surface area contributed by atoms with Gasteiger partial charge in [0.05, 0.1) is 4.90 Å². The number of benzene rings is 2. The molecule has 154 valence electrons. The first-order chi connectivity index (χ1) is 13.9. The molecule has 0 atom stereocenters. The summed E-state index contributed by atoms with van der Waals surface area (Å²) in [5.74, 6) is -0.329. The van der Waals surface area contributed by atoms with Crippen LogP contribution in [0.3, 0.4) is 0 Å². The molecule has 2 aliphatic rings. The Balaban J connectivity index is 1.34. The number of hydrogen-bond donors (Lipinski definition) is 0. The van der Waals surface area contributed by atoms with Gasteiger partial charge in [-0.05, 0) is 66.6 Å². The monoisotopic (exact) mass is 416 g/mol. The normalized spacial score (nSPS) is 17.3. The molecular formula is C22H25FN2O3S. The molecule has 2 aromatic rings. The van der Waals surface area contributed by atoms with Gasteiger partial charge in [0, 0.05) is 32.6 Å². The van der Waals surface area contributed by atoms with Crippen molar-refractivity contribution in [3.63, 3.8) is 0 Å². The maximum atomic E-state index is 13.3. The molecule has 0 N–H and O–H groups in total. The summed E-state index contributed by atoms with van der Waals surface area (Å²) in [5, 5.41) is 0. The lowest BCUT2D eigenvalue weighted by Gasteiger charge is -2.34. The molecule has 1 amide bonds. The first-order valence-electron chi connectivity index (χ1n) is 10.1. The van der Waals surface area contributed by atoms with E-state index in [1.807, 2.05) is 12.1 Å². The van der Waals surface area contributed by atoms with E-state index in [2.05, 4.69) is 0 Å². The Bertz CT molecular complexity index is 1010. The van der Waals surface area contributed by atoms with Crippen molar-refractivity contribution in [2.24, 2.45) is 0 Å². The molecule has 0 unspecified atom stereocenters. The SMILES string of the molecule is O=C(CCc1cccc(F)c1)N1CCN(S(=O)(=O)c2ccc3c(c2)CCC3)CC1. The van der Waals surface area contributed by atoms with Gasteiger partial charge in [0.25, 0.3) is 0 Å². The average Bonchev–Trinajstić information content (AvgIpc) is 3.20. The lowest BCUT2D eigenvalue weighted by Crippen LogP contribution is -2.50. The third kappa shape index (κ3) is 4.36. The molecule has 0 saturated carbocycles. The van der Waals surface area contributed by atoms with Gasteiger partial charge in [-0.1, -0.05) is 18.2 Å². The molecule has 7 heteroatoms. The minimum atomic E-state index is -3.54. The van der Waals surface area contributed by atoms with E-state index in [9.17, 15) is 17.6 Å². The van der Waals surface area contributed by atoms with Gasteiger partial charge < -0.3 is 4.90 Å². The largest absolute Gasteiger partial charge is 0.340 e. The minimum Gasteiger partial charge on any atom is -0.340 e. The second kappa shape index (κ2) is 8.24. The van der Waals surface area contributed by atoms with Crippen LogP contribution in [0.4, 0.5) is 4.39 Å². The van der Waals surface area contributed by atoms with Crippen molar-refractivity contribution in [1.29, 1.82) is 0 Å². The van der Waals surface area contributed by atoms with Crippen LogP contribution in [0, 0.1) is 5.82 Å². The Morgan fingerprint density at radius 1 is 0.966 bits per heavy atom. The van der Waals surface area contributed by atoms with E-state index in [0.29, 0.717) is 43.9 Å². The Labute approximate surface area is 171 Å². The molecule has 0 radical (unpaired) electrons. The van der Waals surface area contributed by atoms with E-state index in [1.54, 1.807) is 23.1 Å². The number of fused-ring (bicyclic) bond motifs is 1. The van der Waals surface area contributed by atoms with E-state index in [1.165, 1.54) is 22.0 Å². The van der Waals surface area contributed by atoms with Crippen LogP contribution in [0.2, 0.25) is 0 Å². The number of hydrogen-bond acceptors (Lipinski definition) is 3. The van der Waals surface area contributed by atoms with Gasteiger partial charge in [0.1, 0.15) is 5.82 Å². The van der Waals surface area contributed by atoms with E-state index in [0.717, 1.165) is 30.4 Å². The van der Waals surface area contributed by atoms with E-state index >= 15 is 0 Å². The second-order valence-corrected chi connectivity index (χ2v) is 9.64. The van der Waals surface area contributed by atoms with E-state index in [4.69, 9.17) is 0 Å². The summed E-state index contributed by atoms with van der Waals surface area (Å²) in [6.45, 7) is 1.36. The fraction of sp³-hybridized carbons (Fsp3) is 0.409. The number of piperazine rings is 1. The highest BCUT2D eigenvalue weighted by Crippen LogP contribution is 2.26. The van der Waals surface area contributed by atoms with Crippen LogP contribution in [0.15, 0.2) is 47.4 Å². The molecule has 0 spiro atoms. The lowest BCUT2D eigenvalue weighted by molar-refractivity contribution is -0.132.